The van der Waals surface area contributed by atoms with Crippen LogP contribution in [0, 0.1) is 6.92 Å². The standard InChI is InChI=1S/C20H20N4O2/c1-14-22-17(15-7-9-21-10-8-15)11-20(23-14)24-12-18(25)19(13-24)26-16-5-3-2-4-6-16/h2-11,18-19,25H,12-13H2,1H3/t18-,19-/m1/s1. The van der Waals surface area contributed by atoms with Gasteiger partial charge in [-0.05, 0) is 31.2 Å². The summed E-state index contributed by atoms with van der Waals surface area (Å²) in [6.45, 7) is 2.92. The Labute approximate surface area is 152 Å². The lowest BCUT2D eigenvalue weighted by Crippen LogP contribution is -2.29. The summed E-state index contributed by atoms with van der Waals surface area (Å²) >= 11 is 0. The molecule has 1 aliphatic heterocycles. The fourth-order valence-corrected chi connectivity index (χ4v) is 3.12. The maximum Gasteiger partial charge on any atom is 0.144 e. The van der Waals surface area contributed by atoms with Crippen LogP contribution in [0.1, 0.15) is 5.82 Å². The summed E-state index contributed by atoms with van der Waals surface area (Å²) in [6.07, 6.45) is 2.62. The van der Waals surface area contributed by atoms with Gasteiger partial charge in [0.15, 0.2) is 0 Å². The van der Waals surface area contributed by atoms with Gasteiger partial charge in [0.25, 0.3) is 0 Å². The van der Waals surface area contributed by atoms with Crippen LogP contribution in [0.25, 0.3) is 11.3 Å². The zero-order chi connectivity index (χ0) is 17.9. The first kappa shape index (κ1) is 16.5. The molecule has 2 atom stereocenters. The molecule has 26 heavy (non-hydrogen) atoms. The number of aromatic nitrogens is 3. The Morgan fingerprint density at radius 3 is 2.58 bits per heavy atom. The summed E-state index contributed by atoms with van der Waals surface area (Å²) in [5.74, 6) is 2.24. The number of pyridine rings is 1. The number of rotatable bonds is 4. The maximum atomic E-state index is 10.4. The van der Waals surface area contributed by atoms with Gasteiger partial charge in [0.1, 0.15) is 29.6 Å². The number of hydrogen-bond acceptors (Lipinski definition) is 6. The van der Waals surface area contributed by atoms with Crippen LogP contribution in [0.5, 0.6) is 5.75 Å². The molecule has 6 heteroatoms. The van der Waals surface area contributed by atoms with Crippen molar-refractivity contribution in [3.05, 3.63) is 66.7 Å². The molecule has 3 aromatic rings. The Morgan fingerprint density at radius 1 is 1.04 bits per heavy atom. The fourth-order valence-electron chi connectivity index (χ4n) is 3.12. The van der Waals surface area contributed by atoms with Crippen molar-refractivity contribution in [3.8, 4) is 17.0 Å². The van der Waals surface area contributed by atoms with E-state index in [0.717, 1.165) is 22.8 Å². The number of ether oxygens (including phenoxy) is 1. The summed E-state index contributed by atoms with van der Waals surface area (Å²) in [4.78, 5) is 15.2. The van der Waals surface area contributed by atoms with Crippen molar-refractivity contribution in [2.45, 2.75) is 19.1 Å². The molecule has 1 aromatic carbocycles. The normalized spacial score (nSPS) is 19.5. The Morgan fingerprint density at radius 2 is 1.81 bits per heavy atom. The number of β-amino-alcohol motifs (C(OH)–C–C–N with tert-alkyl or cyclic N) is 1. The second-order valence-electron chi connectivity index (χ2n) is 6.34. The predicted octanol–water partition coefficient (Wildman–Crippen LogP) is 2.48. The molecule has 0 radical (unpaired) electrons. The van der Waals surface area contributed by atoms with Gasteiger partial charge in [0.2, 0.25) is 0 Å². The molecule has 0 unspecified atom stereocenters. The lowest BCUT2D eigenvalue weighted by Gasteiger charge is -2.18. The Kier molecular flexibility index (Phi) is 4.50. The van der Waals surface area contributed by atoms with Gasteiger partial charge in [-0.3, -0.25) is 4.98 Å². The zero-order valence-corrected chi connectivity index (χ0v) is 14.5. The smallest absolute Gasteiger partial charge is 0.144 e. The van der Waals surface area contributed by atoms with E-state index in [1.807, 2.05) is 60.4 Å². The van der Waals surface area contributed by atoms with E-state index in [9.17, 15) is 5.11 Å². The number of aliphatic hydroxyl groups excluding tert-OH is 1. The van der Waals surface area contributed by atoms with Crippen molar-refractivity contribution in [1.82, 2.24) is 15.0 Å². The second-order valence-corrected chi connectivity index (χ2v) is 6.34. The molecule has 4 rings (SSSR count). The number of nitrogens with zero attached hydrogens (tertiary/aromatic N) is 4. The largest absolute Gasteiger partial charge is 0.486 e. The fraction of sp³-hybridized carbons (Fsp3) is 0.250. The van der Waals surface area contributed by atoms with Crippen LogP contribution in [0.3, 0.4) is 0 Å². The number of anilines is 1. The number of aliphatic hydroxyl groups is 1. The van der Waals surface area contributed by atoms with E-state index in [4.69, 9.17) is 4.74 Å². The molecule has 0 aliphatic carbocycles. The molecule has 0 saturated carbocycles. The van der Waals surface area contributed by atoms with Crippen molar-refractivity contribution in [3.63, 3.8) is 0 Å². The first-order valence-electron chi connectivity index (χ1n) is 8.60. The SMILES string of the molecule is Cc1nc(-c2ccncc2)cc(N2C[C@@H](O)[C@H](Oc3ccccc3)C2)n1. The van der Waals surface area contributed by atoms with Gasteiger partial charge in [0.05, 0.1) is 12.2 Å². The maximum absolute atomic E-state index is 10.4. The van der Waals surface area contributed by atoms with Crippen LogP contribution in [0.15, 0.2) is 60.9 Å². The monoisotopic (exact) mass is 348 g/mol. The van der Waals surface area contributed by atoms with Crippen LogP contribution >= 0.6 is 0 Å². The van der Waals surface area contributed by atoms with Crippen molar-refractivity contribution in [2.75, 3.05) is 18.0 Å². The van der Waals surface area contributed by atoms with E-state index in [2.05, 4.69) is 15.0 Å². The third-order valence-corrected chi connectivity index (χ3v) is 4.39. The lowest BCUT2D eigenvalue weighted by atomic mass is 10.2. The van der Waals surface area contributed by atoms with Gasteiger partial charge in [-0.2, -0.15) is 0 Å². The Balaban J connectivity index is 1.55. The summed E-state index contributed by atoms with van der Waals surface area (Å²) in [5.41, 5.74) is 1.83. The minimum atomic E-state index is -0.574. The average Bonchev–Trinajstić information content (AvgIpc) is 3.03. The van der Waals surface area contributed by atoms with Gasteiger partial charge in [-0.15, -0.1) is 0 Å². The van der Waals surface area contributed by atoms with Crippen molar-refractivity contribution in [1.29, 1.82) is 0 Å². The minimum Gasteiger partial charge on any atom is -0.486 e. The van der Waals surface area contributed by atoms with Crippen LogP contribution < -0.4 is 9.64 Å². The van der Waals surface area contributed by atoms with Crippen molar-refractivity contribution in [2.24, 2.45) is 0 Å². The number of hydrogen-bond donors (Lipinski definition) is 1. The van der Waals surface area contributed by atoms with E-state index in [-0.39, 0.29) is 6.10 Å². The number of aryl methyl sites for hydroxylation is 1. The third kappa shape index (κ3) is 3.50. The van der Waals surface area contributed by atoms with Gasteiger partial charge in [-0.1, -0.05) is 18.2 Å². The first-order chi connectivity index (χ1) is 12.7. The van der Waals surface area contributed by atoms with Crippen molar-refractivity contribution < 1.29 is 9.84 Å². The van der Waals surface area contributed by atoms with Crippen LogP contribution in [0.4, 0.5) is 5.82 Å². The number of para-hydroxylation sites is 1. The summed E-state index contributed by atoms with van der Waals surface area (Å²) in [6, 6.07) is 15.4. The quantitative estimate of drug-likeness (QED) is 0.781. The van der Waals surface area contributed by atoms with Crippen LogP contribution in [-0.4, -0.2) is 45.4 Å². The Bertz CT molecular complexity index is 873. The van der Waals surface area contributed by atoms with E-state index in [1.54, 1.807) is 12.4 Å². The van der Waals surface area contributed by atoms with Crippen LogP contribution in [-0.2, 0) is 0 Å². The highest BCUT2D eigenvalue weighted by Crippen LogP contribution is 2.26. The van der Waals surface area contributed by atoms with Crippen molar-refractivity contribution >= 4 is 5.82 Å². The lowest BCUT2D eigenvalue weighted by molar-refractivity contribution is 0.0738. The highest BCUT2D eigenvalue weighted by atomic mass is 16.5. The summed E-state index contributed by atoms with van der Waals surface area (Å²) < 4.78 is 5.94. The van der Waals surface area contributed by atoms with E-state index in [0.29, 0.717) is 18.9 Å². The van der Waals surface area contributed by atoms with E-state index in [1.165, 1.54) is 0 Å². The van der Waals surface area contributed by atoms with Gasteiger partial charge < -0.3 is 14.7 Å². The molecule has 1 aliphatic rings. The highest BCUT2D eigenvalue weighted by molar-refractivity contribution is 5.62. The predicted molar refractivity (Wildman–Crippen MR) is 99.1 cm³/mol. The molecule has 3 heterocycles. The van der Waals surface area contributed by atoms with Crippen LogP contribution in [0.2, 0.25) is 0 Å². The molecular weight excluding hydrogens is 328 g/mol. The second kappa shape index (κ2) is 7.09. The minimum absolute atomic E-state index is 0.294. The third-order valence-electron chi connectivity index (χ3n) is 4.39. The molecule has 1 fully saturated rings. The van der Waals surface area contributed by atoms with E-state index >= 15 is 0 Å². The van der Waals surface area contributed by atoms with Gasteiger partial charge >= 0.3 is 0 Å². The molecule has 2 aromatic heterocycles. The molecular formula is C20H20N4O2. The number of benzene rings is 1. The van der Waals surface area contributed by atoms with E-state index < -0.39 is 6.10 Å². The molecule has 6 nitrogen and oxygen atoms in total. The zero-order valence-electron chi connectivity index (χ0n) is 14.5. The molecule has 0 spiro atoms. The topological polar surface area (TPSA) is 71.4 Å². The van der Waals surface area contributed by atoms with Gasteiger partial charge in [-0.25, -0.2) is 9.97 Å². The van der Waals surface area contributed by atoms with Gasteiger partial charge in [0, 0.05) is 30.6 Å². The molecule has 0 amide bonds. The molecule has 1 N–H and O–H groups in total. The highest BCUT2D eigenvalue weighted by Gasteiger charge is 2.34. The summed E-state index contributed by atoms with van der Waals surface area (Å²) in [5, 5.41) is 10.4. The average molecular weight is 348 g/mol. The molecule has 132 valence electrons. The summed E-state index contributed by atoms with van der Waals surface area (Å²) in [7, 11) is 0. The molecule has 1 saturated heterocycles. The molecule has 0 bridgehead atoms. The first-order valence-corrected chi connectivity index (χ1v) is 8.60. The Hall–Kier alpha value is -2.99.